The van der Waals surface area contributed by atoms with Crippen molar-refractivity contribution in [2.45, 2.75) is 205 Å². The molecule has 0 unspecified atom stereocenters. The van der Waals surface area contributed by atoms with Gasteiger partial charge < -0.3 is 106 Å². The second kappa shape index (κ2) is 43.9. The molecule has 36 nitrogen and oxygen atoms in total. The van der Waals surface area contributed by atoms with E-state index >= 15 is 9.59 Å². The molecule has 1 aromatic heterocycles. The minimum Gasteiger partial charge on any atom is -0.508 e. The molecule has 13 amide bonds. The van der Waals surface area contributed by atoms with Gasteiger partial charge in [0, 0.05) is 55.2 Å². The standard InChI is InChI=1S/C75H108N18O18S/c1-10-40(8)61(72(108)91-60(39(6)7)73(109)93-29-17-23-55(93)69(105)82-48(22-16-28-80-75(78)79)63(99)85-53(34-57(96)97)66(102)88-54(36-112)74(110)111)92-68(104)49(31-43-24-26-45(94)27-25-43)83-65(101)52(33-56(77)95)84-64(100)51(32-44-35-81-47-21-15-14-20-46(44)47)87-71(107)59(38(4)5)90-67(103)50(30-42-18-12-11-13-19-42)86-70(106)58(37(2)3)89-62(98)41(9)76/h11-15,18-21,24-27,35,37-41,48-55,58-61,81,94,112H,10,16-17,22-23,28-34,36,76H2,1-9H3,(H2,77,95)(H,82,105)(H,83,101)(H,84,100)(H,85,99)(H,86,106)(H,87,107)(H,88,102)(H,89,98)(H,90,103)(H,91,108)(H,92,104)(H,96,97)(H,110,111)(H4,78,79,80)/t40-,41-,48-,49-,50-,51-,52-,53-,54-,55-,58-,59-,60-,61-/m0/s1. The molecule has 1 saturated heterocycles. The van der Waals surface area contributed by atoms with Crippen molar-refractivity contribution in [2.24, 2.45) is 40.9 Å². The number of hydrogen-bond donors (Lipinski definition) is 21. The number of carbonyl (C=O) groups is 15. The molecule has 23 N–H and O–H groups in total. The first-order chi connectivity index (χ1) is 52.8. The molecule has 0 saturated carbocycles. The number of primary amides is 1. The molecule has 612 valence electrons. The van der Waals surface area contributed by atoms with Gasteiger partial charge in [-0.1, -0.05) is 122 Å². The molecule has 1 aliphatic rings. The third-order valence-electron chi connectivity index (χ3n) is 18.9. The largest absolute Gasteiger partial charge is 0.508 e. The number of guanidine groups is 1. The van der Waals surface area contributed by atoms with E-state index in [1.54, 1.807) is 116 Å². The molecule has 37 heteroatoms. The summed E-state index contributed by atoms with van der Waals surface area (Å²) in [5.74, 6) is -18.7. The summed E-state index contributed by atoms with van der Waals surface area (Å²) in [7, 11) is 0. The molecular weight excluding hydrogens is 1470 g/mol. The fraction of sp³-hybridized carbons (Fsp3) is 0.520. The zero-order valence-corrected chi connectivity index (χ0v) is 65.1. The molecule has 4 aromatic rings. The number of amides is 13. The molecule has 1 aliphatic heterocycles. The summed E-state index contributed by atoms with van der Waals surface area (Å²) < 4.78 is 0. The number of nitrogens with two attached hydrogens (primary N) is 3. The maximum atomic E-state index is 15.1. The first-order valence-electron chi connectivity index (χ1n) is 37.0. The van der Waals surface area contributed by atoms with Crippen LogP contribution in [0.15, 0.2) is 85.1 Å². The number of phenols is 1. The van der Waals surface area contributed by atoms with Crippen molar-refractivity contribution in [1.29, 1.82) is 5.41 Å². The van der Waals surface area contributed by atoms with Crippen molar-refractivity contribution >= 4 is 118 Å². The van der Waals surface area contributed by atoms with E-state index in [2.05, 4.69) is 81.4 Å². The van der Waals surface area contributed by atoms with Crippen LogP contribution in [-0.4, -0.2) is 217 Å². The maximum absolute atomic E-state index is 15.1. The zero-order chi connectivity index (χ0) is 83.4. The molecule has 112 heavy (non-hydrogen) atoms. The molecule has 0 spiro atoms. The molecule has 1 fully saturated rings. The Morgan fingerprint density at radius 3 is 1.51 bits per heavy atom. The summed E-state index contributed by atoms with van der Waals surface area (Å²) in [4.78, 5) is 213. The number of carboxylic acid groups (broad SMARTS) is 2. The van der Waals surface area contributed by atoms with E-state index in [9.17, 15) is 77.6 Å². The molecule has 0 aliphatic carbocycles. The van der Waals surface area contributed by atoms with Gasteiger partial charge in [-0.2, -0.15) is 12.6 Å². The number of likely N-dealkylation sites (tertiary alicyclic amines) is 1. The third-order valence-corrected chi connectivity index (χ3v) is 19.3. The Balaban J connectivity index is 1.43. The highest BCUT2D eigenvalue weighted by atomic mass is 32.1. The summed E-state index contributed by atoms with van der Waals surface area (Å²) in [5, 5.41) is 68.6. The number of aromatic hydroxyl groups is 1. The molecule has 0 radical (unpaired) electrons. The predicted octanol–water partition coefficient (Wildman–Crippen LogP) is -1.79. The average molecular weight is 1580 g/mol. The molecular formula is C75H108N18O18S. The highest BCUT2D eigenvalue weighted by molar-refractivity contribution is 7.80. The number of aromatic amines is 1. The van der Waals surface area contributed by atoms with Gasteiger partial charge in [0.05, 0.1) is 18.9 Å². The number of para-hydroxylation sites is 1. The summed E-state index contributed by atoms with van der Waals surface area (Å²) in [5.41, 5.74) is 19.1. The minimum atomic E-state index is -1.88. The Kier molecular flexibility index (Phi) is 35.7. The van der Waals surface area contributed by atoms with Crippen LogP contribution in [0.25, 0.3) is 10.9 Å². The number of benzene rings is 3. The number of phenolic OH excluding ortho intramolecular Hbond substituents is 1. The lowest BCUT2D eigenvalue weighted by Gasteiger charge is -2.33. The number of rotatable bonds is 44. The molecule has 14 atom stereocenters. The van der Waals surface area contributed by atoms with Crippen LogP contribution in [0.2, 0.25) is 0 Å². The number of carboxylic acids is 2. The van der Waals surface area contributed by atoms with Crippen LogP contribution in [0, 0.1) is 29.1 Å². The van der Waals surface area contributed by atoms with Gasteiger partial charge in [0.1, 0.15) is 78.3 Å². The van der Waals surface area contributed by atoms with Crippen molar-refractivity contribution in [1.82, 2.24) is 73.7 Å². The number of carbonyl (C=O) groups excluding carboxylic acids is 13. The van der Waals surface area contributed by atoms with Gasteiger partial charge in [0.25, 0.3) is 0 Å². The van der Waals surface area contributed by atoms with Gasteiger partial charge >= 0.3 is 11.9 Å². The maximum Gasteiger partial charge on any atom is 0.327 e. The fourth-order valence-corrected chi connectivity index (χ4v) is 12.6. The summed E-state index contributed by atoms with van der Waals surface area (Å²) in [6.07, 6.45) is -0.575. The Bertz CT molecular complexity index is 3990. The lowest BCUT2D eigenvalue weighted by molar-refractivity contribution is -0.144. The highest BCUT2D eigenvalue weighted by Crippen LogP contribution is 2.24. The van der Waals surface area contributed by atoms with E-state index in [1.807, 2.05) is 0 Å². The van der Waals surface area contributed by atoms with Gasteiger partial charge in [0.15, 0.2) is 5.96 Å². The predicted molar refractivity (Wildman–Crippen MR) is 414 cm³/mol. The van der Waals surface area contributed by atoms with Gasteiger partial charge in [-0.05, 0) is 91.2 Å². The van der Waals surface area contributed by atoms with Crippen LogP contribution < -0.4 is 81.0 Å². The van der Waals surface area contributed by atoms with E-state index < -0.39 is 216 Å². The lowest BCUT2D eigenvalue weighted by Crippen LogP contribution is -2.62. The van der Waals surface area contributed by atoms with Crippen LogP contribution in [0.1, 0.15) is 124 Å². The molecule has 2 heterocycles. The van der Waals surface area contributed by atoms with Crippen molar-refractivity contribution < 1.29 is 87.2 Å². The topological polar surface area (TPSA) is 582 Å². The third kappa shape index (κ3) is 27.9. The number of aromatic nitrogens is 1. The first kappa shape index (κ1) is 91.2. The van der Waals surface area contributed by atoms with Crippen LogP contribution in [0.4, 0.5) is 0 Å². The Morgan fingerprint density at radius 2 is 0.991 bits per heavy atom. The molecule has 0 bridgehead atoms. The summed E-state index contributed by atoms with van der Waals surface area (Å²) in [6, 6.07) is 2.15. The van der Waals surface area contributed by atoms with Crippen LogP contribution in [0.5, 0.6) is 5.75 Å². The van der Waals surface area contributed by atoms with Gasteiger partial charge in [-0.25, -0.2) is 4.79 Å². The number of fused-ring (bicyclic) bond motifs is 1. The fourth-order valence-electron chi connectivity index (χ4n) is 12.3. The Labute approximate surface area is 654 Å². The van der Waals surface area contributed by atoms with Gasteiger partial charge in [0.2, 0.25) is 76.8 Å². The smallest absolute Gasteiger partial charge is 0.327 e. The number of hydrogen-bond acceptors (Lipinski definition) is 19. The number of H-pyrrole nitrogens is 1. The summed E-state index contributed by atoms with van der Waals surface area (Å²) in [6.45, 7) is 14.6. The van der Waals surface area contributed by atoms with Gasteiger partial charge in [-0.3, -0.25) is 72.5 Å². The SMILES string of the molecule is CC[C@H](C)[C@H](NC(=O)[C@H](Cc1ccc(O)cc1)NC(=O)[C@H](CC(N)=O)NC(=O)[C@H](Cc1c[nH]c2ccccc12)NC(=O)[C@@H](NC(=O)[C@H](Cc1ccccc1)NC(=O)[C@@H](NC(=O)[C@H](C)N)C(C)C)C(C)C)C(=O)N[C@H](C(=O)N1CCC[C@H]1C(=O)N[C@@H](CCCNC(=N)N)C(=O)N[C@@H](CC(=O)O)C(=O)N[C@@H](CS)C(=O)O)C(C)C. The van der Waals surface area contributed by atoms with E-state index in [4.69, 9.17) is 22.6 Å². The van der Waals surface area contributed by atoms with Crippen molar-refractivity contribution in [3.8, 4) is 5.75 Å². The Morgan fingerprint density at radius 1 is 0.536 bits per heavy atom. The summed E-state index contributed by atoms with van der Waals surface area (Å²) >= 11 is 3.91. The van der Waals surface area contributed by atoms with Crippen LogP contribution in [-0.2, 0) is 91.2 Å². The van der Waals surface area contributed by atoms with E-state index in [0.29, 0.717) is 27.6 Å². The number of nitrogens with zero attached hydrogens (tertiary/aromatic N) is 1. The second-order valence-electron chi connectivity index (χ2n) is 28.9. The quantitative estimate of drug-likeness (QED) is 0.0101. The number of nitrogens with one attached hydrogen (secondary N) is 14. The first-order valence-corrected chi connectivity index (χ1v) is 37.7. The van der Waals surface area contributed by atoms with E-state index in [-0.39, 0.29) is 70.2 Å². The Hall–Kier alpha value is -11.4. The van der Waals surface area contributed by atoms with Crippen molar-refractivity contribution in [3.63, 3.8) is 0 Å². The van der Waals surface area contributed by atoms with Gasteiger partial charge in [-0.15, -0.1) is 0 Å². The number of aliphatic carboxylic acids is 2. The zero-order valence-electron chi connectivity index (χ0n) is 64.2. The number of thiol groups is 1. The average Bonchev–Trinajstić information content (AvgIpc) is 1.62. The monoisotopic (exact) mass is 1580 g/mol. The second-order valence-corrected chi connectivity index (χ2v) is 29.2. The lowest BCUT2D eigenvalue weighted by atomic mass is 9.95. The van der Waals surface area contributed by atoms with Crippen LogP contribution in [0.3, 0.4) is 0 Å². The van der Waals surface area contributed by atoms with E-state index in [0.717, 1.165) is 0 Å². The van der Waals surface area contributed by atoms with E-state index in [1.165, 1.54) is 36.1 Å². The molecule has 3 aromatic carbocycles. The normalized spacial score (nSPS) is 16.1. The minimum absolute atomic E-state index is 0.0141. The van der Waals surface area contributed by atoms with Crippen molar-refractivity contribution in [3.05, 3.63) is 102 Å². The molecule has 5 rings (SSSR count). The highest BCUT2D eigenvalue weighted by Gasteiger charge is 2.43. The van der Waals surface area contributed by atoms with Crippen molar-refractivity contribution in [2.75, 3.05) is 18.8 Å². The van der Waals surface area contributed by atoms with Crippen LogP contribution >= 0.6 is 12.6 Å².